The van der Waals surface area contributed by atoms with Crippen LogP contribution in [0.4, 0.5) is 0 Å². The van der Waals surface area contributed by atoms with Gasteiger partial charge in [0.25, 0.3) is 0 Å². The molecular weight excluding hydrogens is 898 g/mol. The van der Waals surface area contributed by atoms with E-state index in [1.165, 1.54) is 0 Å². The maximum absolute atomic E-state index is 13.1. The largest absolute Gasteiger partial charge is 0.475 e. The van der Waals surface area contributed by atoms with Crippen LogP contribution in [0.2, 0.25) is 0 Å². The summed E-state index contributed by atoms with van der Waals surface area (Å²) in [6.07, 6.45) is 11.2. The molecule has 0 aromatic rings. The highest BCUT2D eigenvalue weighted by atomic mass is 31.2. The minimum Gasteiger partial charge on any atom is -0.463 e. The molecule has 394 valence electrons. The van der Waals surface area contributed by atoms with Crippen molar-refractivity contribution in [2.24, 2.45) is 0 Å². The molecule has 66 heavy (non-hydrogen) atoms. The molecule has 0 aliphatic rings. The summed E-state index contributed by atoms with van der Waals surface area (Å²) < 4.78 is 69.1. The highest BCUT2D eigenvalue weighted by Crippen LogP contribution is 2.52. The molecule has 0 bridgehead atoms. The van der Waals surface area contributed by atoms with Gasteiger partial charge in [0.05, 0.1) is 63.1 Å². The first-order chi connectivity index (χ1) is 31.6. The summed E-state index contributed by atoms with van der Waals surface area (Å²) in [7, 11) is -7.81. The standard InChI is InChI=1S/C47H94O17P2/c1-7-13-15-23-29-39(48)35-44(63-65(55,59-9-3)60-10-4)42(51)31-25-19-17-21-27-33-46(53)57-37-41(50)38-58-47(54)34-28-22-18-20-26-32-43(52)45(36-40(49)30-24-16-14-8-2)64-66(56,61-11-5)62-12-6/h39-45,48-52H,7-38H2,1-6H3. The molecule has 0 aromatic carbocycles. The lowest BCUT2D eigenvalue weighted by Gasteiger charge is -2.28. The Morgan fingerprint density at radius 2 is 0.712 bits per heavy atom. The normalized spacial score (nSPS) is 15.5. The Labute approximate surface area is 398 Å². The fourth-order valence-electron chi connectivity index (χ4n) is 7.34. The Bertz CT molecular complexity index is 1150. The van der Waals surface area contributed by atoms with Gasteiger partial charge >= 0.3 is 27.6 Å². The molecule has 6 unspecified atom stereocenters. The van der Waals surface area contributed by atoms with Crippen molar-refractivity contribution < 1.29 is 80.9 Å². The Balaban J connectivity index is 4.43. The first-order valence-electron chi connectivity index (χ1n) is 25.5. The number of esters is 2. The van der Waals surface area contributed by atoms with E-state index in [0.717, 1.165) is 89.9 Å². The van der Waals surface area contributed by atoms with Crippen LogP contribution in [0.5, 0.6) is 0 Å². The van der Waals surface area contributed by atoms with Gasteiger partial charge in [-0.1, -0.05) is 117 Å². The Morgan fingerprint density at radius 1 is 0.409 bits per heavy atom. The third-order valence-electron chi connectivity index (χ3n) is 11.0. The number of carbonyl (C=O) groups is 2. The van der Waals surface area contributed by atoms with Gasteiger partial charge < -0.3 is 35.0 Å². The Morgan fingerprint density at radius 3 is 1.05 bits per heavy atom. The lowest BCUT2D eigenvalue weighted by Crippen LogP contribution is -2.32. The van der Waals surface area contributed by atoms with Crippen LogP contribution < -0.4 is 0 Å². The third kappa shape index (κ3) is 35.1. The Hall–Kier alpha value is -1.04. The number of phosphoric ester groups is 2. The predicted octanol–water partition coefficient (Wildman–Crippen LogP) is 10.2. The number of hydrogen-bond acceptors (Lipinski definition) is 17. The molecule has 6 atom stereocenters. The minimum absolute atomic E-state index is 0.107. The average Bonchev–Trinajstić information content (AvgIpc) is 3.26. The van der Waals surface area contributed by atoms with E-state index in [9.17, 15) is 44.3 Å². The van der Waals surface area contributed by atoms with Gasteiger partial charge in [0.1, 0.15) is 19.3 Å². The van der Waals surface area contributed by atoms with E-state index < -0.39 is 70.3 Å². The third-order valence-corrected chi connectivity index (χ3v) is 14.3. The number of unbranched alkanes of at least 4 members (excludes halogenated alkanes) is 14. The van der Waals surface area contributed by atoms with Crippen LogP contribution in [-0.2, 0) is 55.3 Å². The van der Waals surface area contributed by atoms with Crippen molar-refractivity contribution >= 4 is 27.6 Å². The second-order valence-corrected chi connectivity index (χ2v) is 20.3. The number of ether oxygens (including phenoxy) is 2. The maximum atomic E-state index is 13.1. The van der Waals surface area contributed by atoms with Crippen molar-refractivity contribution in [2.75, 3.05) is 39.6 Å². The van der Waals surface area contributed by atoms with Gasteiger partial charge in [-0.25, -0.2) is 9.13 Å². The van der Waals surface area contributed by atoms with Crippen LogP contribution in [0.15, 0.2) is 0 Å². The average molecular weight is 993 g/mol. The molecule has 0 spiro atoms. The van der Waals surface area contributed by atoms with Crippen LogP contribution in [0.1, 0.15) is 208 Å². The van der Waals surface area contributed by atoms with E-state index in [4.69, 9.17) is 36.6 Å². The zero-order valence-electron chi connectivity index (χ0n) is 41.7. The smallest absolute Gasteiger partial charge is 0.463 e. The predicted molar refractivity (Wildman–Crippen MR) is 255 cm³/mol. The van der Waals surface area contributed by atoms with Crippen LogP contribution in [0.3, 0.4) is 0 Å². The van der Waals surface area contributed by atoms with Crippen molar-refractivity contribution in [3.8, 4) is 0 Å². The summed E-state index contributed by atoms with van der Waals surface area (Å²) in [6, 6.07) is 0. The molecule has 0 saturated carbocycles. The first-order valence-corrected chi connectivity index (χ1v) is 28.4. The van der Waals surface area contributed by atoms with Gasteiger partial charge in [0.15, 0.2) is 0 Å². The summed E-state index contributed by atoms with van der Waals surface area (Å²) >= 11 is 0. The lowest BCUT2D eigenvalue weighted by atomic mass is 9.98. The SMILES string of the molecule is CCCCCCC(O)CC(OP(=O)(OCC)OCC)C(O)CCCCCCCC(=O)OCC(O)COC(=O)CCCCCCCC(O)C(CC(O)CCCCCC)OP(=O)(OCC)OCC. The van der Waals surface area contributed by atoms with Gasteiger partial charge in [-0.3, -0.25) is 36.7 Å². The molecule has 19 heteroatoms. The summed E-state index contributed by atoms with van der Waals surface area (Å²) in [5.74, 6) is -0.918. The topological polar surface area (TPSA) is 243 Å². The van der Waals surface area contributed by atoms with Gasteiger partial charge in [-0.2, -0.15) is 0 Å². The number of aliphatic hydroxyl groups excluding tert-OH is 5. The summed E-state index contributed by atoms with van der Waals surface area (Å²) in [6.45, 7) is 10.8. The minimum atomic E-state index is -3.91. The molecular formula is C47H94O17P2. The fourth-order valence-corrected chi connectivity index (χ4v) is 10.1. The summed E-state index contributed by atoms with van der Waals surface area (Å²) in [5, 5.41) is 53.5. The van der Waals surface area contributed by atoms with Crippen molar-refractivity contribution in [1.82, 2.24) is 0 Å². The summed E-state index contributed by atoms with van der Waals surface area (Å²) in [4.78, 5) is 24.5. The maximum Gasteiger partial charge on any atom is 0.475 e. The van der Waals surface area contributed by atoms with E-state index in [2.05, 4.69) is 13.8 Å². The van der Waals surface area contributed by atoms with Crippen LogP contribution in [0.25, 0.3) is 0 Å². The van der Waals surface area contributed by atoms with Crippen molar-refractivity contribution in [3.63, 3.8) is 0 Å². The molecule has 0 fully saturated rings. The van der Waals surface area contributed by atoms with E-state index in [0.29, 0.717) is 51.4 Å². The zero-order chi connectivity index (χ0) is 49.5. The van der Waals surface area contributed by atoms with E-state index in [-0.39, 0.29) is 65.3 Å². The number of phosphoric acid groups is 2. The number of hydrogen-bond donors (Lipinski definition) is 5. The van der Waals surface area contributed by atoms with E-state index >= 15 is 0 Å². The van der Waals surface area contributed by atoms with Gasteiger partial charge in [0.2, 0.25) is 0 Å². The van der Waals surface area contributed by atoms with Gasteiger partial charge in [-0.15, -0.1) is 0 Å². The molecule has 0 radical (unpaired) electrons. The second-order valence-electron chi connectivity index (χ2n) is 17.1. The molecule has 0 aliphatic carbocycles. The number of rotatable bonds is 48. The Kier molecular flexibility index (Phi) is 41.1. The van der Waals surface area contributed by atoms with E-state index in [1.807, 2.05) is 0 Å². The number of aliphatic hydroxyl groups is 5. The molecule has 17 nitrogen and oxygen atoms in total. The molecule has 0 rings (SSSR count). The molecule has 0 aliphatic heterocycles. The highest BCUT2D eigenvalue weighted by Gasteiger charge is 2.36. The molecule has 0 saturated heterocycles. The molecule has 5 N–H and O–H groups in total. The highest BCUT2D eigenvalue weighted by molar-refractivity contribution is 7.48. The van der Waals surface area contributed by atoms with Crippen molar-refractivity contribution in [1.29, 1.82) is 0 Å². The van der Waals surface area contributed by atoms with Crippen molar-refractivity contribution in [3.05, 3.63) is 0 Å². The first kappa shape index (κ1) is 65.0. The lowest BCUT2D eigenvalue weighted by molar-refractivity contribution is -0.152. The van der Waals surface area contributed by atoms with E-state index in [1.54, 1.807) is 27.7 Å². The van der Waals surface area contributed by atoms with Gasteiger partial charge in [-0.05, 0) is 66.2 Å². The molecule has 0 amide bonds. The van der Waals surface area contributed by atoms with Crippen molar-refractivity contribution in [2.45, 2.75) is 251 Å². The van der Waals surface area contributed by atoms with Crippen LogP contribution in [-0.4, -0.2) is 120 Å². The molecule has 0 aromatic heterocycles. The molecule has 0 heterocycles. The fraction of sp³-hybridized carbons (Fsp3) is 0.957. The zero-order valence-corrected chi connectivity index (χ0v) is 43.5. The van der Waals surface area contributed by atoms with Gasteiger partial charge in [0, 0.05) is 25.7 Å². The summed E-state index contributed by atoms with van der Waals surface area (Å²) in [5.41, 5.74) is 0. The second kappa shape index (κ2) is 41.7. The number of carbonyl (C=O) groups excluding carboxylic acids is 2. The monoisotopic (exact) mass is 993 g/mol. The quantitative estimate of drug-likeness (QED) is 0.0216. The van der Waals surface area contributed by atoms with Crippen LogP contribution >= 0.6 is 15.6 Å². The van der Waals surface area contributed by atoms with Crippen LogP contribution in [0, 0.1) is 0 Å².